The Hall–Kier alpha value is -1.50. The highest BCUT2D eigenvalue weighted by Crippen LogP contribution is 2.23. The Morgan fingerprint density at radius 2 is 2.36 bits per heavy atom. The molecule has 1 saturated heterocycles. The summed E-state index contributed by atoms with van der Waals surface area (Å²) in [5, 5.41) is 8.76. The minimum absolute atomic E-state index is 0.266. The third kappa shape index (κ3) is 2.25. The summed E-state index contributed by atoms with van der Waals surface area (Å²) in [6.45, 7) is 4.42. The fourth-order valence-corrected chi connectivity index (χ4v) is 1.77. The minimum atomic E-state index is -0.381. The molecule has 1 rings (SSSR count). The number of nitrogens with two attached hydrogens (primary N) is 1. The van der Waals surface area contributed by atoms with Crippen LogP contribution in [0, 0.1) is 17.4 Å². The van der Waals surface area contributed by atoms with Crippen molar-refractivity contribution in [3.63, 3.8) is 0 Å². The number of hydrogen-bond donors (Lipinski definition) is 1. The van der Waals surface area contributed by atoms with Crippen molar-refractivity contribution >= 4 is 5.91 Å². The second kappa shape index (κ2) is 4.14. The molecule has 1 aliphatic rings. The SMILES string of the molecule is CC(=C[C@H]1C[C@@H](C)N(C#N)C1)C(N)=O. The molecule has 0 aromatic carbocycles. The van der Waals surface area contributed by atoms with E-state index in [4.69, 9.17) is 11.0 Å². The molecule has 0 aromatic heterocycles. The average molecular weight is 193 g/mol. The lowest BCUT2D eigenvalue weighted by molar-refractivity contribution is -0.114. The van der Waals surface area contributed by atoms with E-state index < -0.39 is 0 Å². The molecule has 0 aliphatic carbocycles. The van der Waals surface area contributed by atoms with Gasteiger partial charge in [-0.15, -0.1) is 0 Å². The molecule has 0 saturated carbocycles. The Labute approximate surface area is 84.0 Å². The van der Waals surface area contributed by atoms with Crippen molar-refractivity contribution in [3.8, 4) is 6.19 Å². The number of primary amides is 1. The lowest BCUT2D eigenvalue weighted by atomic mass is 10.0. The van der Waals surface area contributed by atoms with Crippen molar-refractivity contribution in [1.29, 1.82) is 5.26 Å². The first kappa shape index (κ1) is 10.6. The van der Waals surface area contributed by atoms with Crippen LogP contribution < -0.4 is 5.73 Å². The molecule has 1 amide bonds. The van der Waals surface area contributed by atoms with E-state index in [1.165, 1.54) is 0 Å². The fourth-order valence-electron chi connectivity index (χ4n) is 1.77. The first-order chi connectivity index (χ1) is 6.54. The van der Waals surface area contributed by atoms with E-state index in [0.29, 0.717) is 12.1 Å². The van der Waals surface area contributed by atoms with Gasteiger partial charge in [0, 0.05) is 18.2 Å². The summed E-state index contributed by atoms with van der Waals surface area (Å²) in [4.78, 5) is 12.5. The predicted octanol–water partition coefficient (Wildman–Crippen LogP) is 0.609. The van der Waals surface area contributed by atoms with Gasteiger partial charge in [-0.3, -0.25) is 4.79 Å². The van der Waals surface area contributed by atoms with Gasteiger partial charge in [-0.2, -0.15) is 5.26 Å². The Morgan fingerprint density at radius 3 is 2.79 bits per heavy atom. The Balaban J connectivity index is 2.63. The van der Waals surface area contributed by atoms with Crippen LogP contribution in [0.3, 0.4) is 0 Å². The number of nitrogens with zero attached hydrogens (tertiary/aromatic N) is 2. The average Bonchev–Trinajstić information content (AvgIpc) is 2.45. The molecule has 0 aromatic rings. The minimum Gasteiger partial charge on any atom is -0.366 e. The third-order valence-electron chi connectivity index (χ3n) is 2.61. The molecule has 14 heavy (non-hydrogen) atoms. The molecule has 76 valence electrons. The molecular formula is C10H15N3O. The van der Waals surface area contributed by atoms with E-state index in [1.807, 2.05) is 13.0 Å². The van der Waals surface area contributed by atoms with Crippen LogP contribution in [0.1, 0.15) is 20.3 Å². The lowest BCUT2D eigenvalue weighted by Crippen LogP contribution is -2.20. The molecule has 1 aliphatic heterocycles. The molecule has 1 fully saturated rings. The highest BCUT2D eigenvalue weighted by molar-refractivity contribution is 5.91. The van der Waals surface area contributed by atoms with Crippen LogP contribution >= 0.6 is 0 Å². The second-order valence-corrected chi connectivity index (χ2v) is 3.81. The highest BCUT2D eigenvalue weighted by Gasteiger charge is 2.26. The molecule has 4 nitrogen and oxygen atoms in total. The Morgan fingerprint density at radius 1 is 1.71 bits per heavy atom. The number of nitriles is 1. The maximum absolute atomic E-state index is 10.8. The number of carbonyl (C=O) groups excluding carboxylic acids is 1. The van der Waals surface area contributed by atoms with Crippen LogP contribution in [-0.4, -0.2) is 23.4 Å². The Bertz CT molecular complexity index is 303. The zero-order valence-corrected chi connectivity index (χ0v) is 8.53. The summed E-state index contributed by atoms with van der Waals surface area (Å²) in [7, 11) is 0. The van der Waals surface area contributed by atoms with Crippen LogP contribution in [0.2, 0.25) is 0 Å². The number of hydrogen-bond acceptors (Lipinski definition) is 3. The van der Waals surface area contributed by atoms with E-state index >= 15 is 0 Å². The first-order valence-corrected chi connectivity index (χ1v) is 4.69. The van der Waals surface area contributed by atoms with Crippen molar-refractivity contribution in [3.05, 3.63) is 11.6 Å². The van der Waals surface area contributed by atoms with Gasteiger partial charge in [0.2, 0.25) is 5.91 Å². The van der Waals surface area contributed by atoms with Gasteiger partial charge >= 0.3 is 0 Å². The zero-order valence-electron chi connectivity index (χ0n) is 8.53. The molecular weight excluding hydrogens is 178 g/mol. The van der Waals surface area contributed by atoms with Crippen LogP contribution in [-0.2, 0) is 4.79 Å². The number of rotatable bonds is 2. The monoisotopic (exact) mass is 193 g/mol. The van der Waals surface area contributed by atoms with Gasteiger partial charge in [0.1, 0.15) is 0 Å². The van der Waals surface area contributed by atoms with Crippen molar-refractivity contribution in [2.45, 2.75) is 26.3 Å². The zero-order chi connectivity index (χ0) is 10.7. The van der Waals surface area contributed by atoms with Crippen molar-refractivity contribution in [2.24, 2.45) is 11.7 Å². The van der Waals surface area contributed by atoms with E-state index in [-0.39, 0.29) is 17.9 Å². The van der Waals surface area contributed by atoms with Gasteiger partial charge < -0.3 is 10.6 Å². The van der Waals surface area contributed by atoms with Gasteiger partial charge in [0.05, 0.1) is 0 Å². The summed E-state index contributed by atoms with van der Waals surface area (Å²) < 4.78 is 0. The second-order valence-electron chi connectivity index (χ2n) is 3.81. The summed E-state index contributed by atoms with van der Waals surface area (Å²) in [5.41, 5.74) is 5.72. The first-order valence-electron chi connectivity index (χ1n) is 4.69. The third-order valence-corrected chi connectivity index (χ3v) is 2.61. The van der Waals surface area contributed by atoms with E-state index in [2.05, 4.69) is 6.19 Å². The Kier molecular flexibility index (Phi) is 3.13. The molecule has 0 spiro atoms. The van der Waals surface area contributed by atoms with Gasteiger partial charge in [-0.25, -0.2) is 0 Å². The quantitative estimate of drug-likeness (QED) is 0.516. The van der Waals surface area contributed by atoms with Crippen LogP contribution in [0.5, 0.6) is 0 Å². The number of likely N-dealkylation sites (tertiary alicyclic amines) is 1. The summed E-state index contributed by atoms with van der Waals surface area (Å²) >= 11 is 0. The smallest absolute Gasteiger partial charge is 0.244 e. The summed E-state index contributed by atoms with van der Waals surface area (Å²) in [6.07, 6.45) is 4.92. The van der Waals surface area contributed by atoms with Gasteiger partial charge in [0.25, 0.3) is 0 Å². The maximum atomic E-state index is 10.8. The number of carbonyl (C=O) groups is 1. The normalized spacial score (nSPS) is 27.5. The molecule has 2 atom stereocenters. The molecule has 0 radical (unpaired) electrons. The van der Waals surface area contributed by atoms with Gasteiger partial charge in [-0.05, 0) is 26.2 Å². The van der Waals surface area contributed by atoms with Crippen LogP contribution in [0.15, 0.2) is 11.6 Å². The molecule has 0 bridgehead atoms. The largest absolute Gasteiger partial charge is 0.366 e. The maximum Gasteiger partial charge on any atom is 0.244 e. The molecule has 0 unspecified atom stereocenters. The van der Waals surface area contributed by atoms with Gasteiger partial charge in [-0.1, -0.05) is 6.08 Å². The van der Waals surface area contributed by atoms with Gasteiger partial charge in [0.15, 0.2) is 6.19 Å². The standard InChI is InChI=1S/C10H15N3O/c1-7(10(12)14)3-9-4-8(2)13(5-9)6-11/h3,8-9H,4-5H2,1-2H3,(H2,12,14)/t8-,9+/m1/s1. The van der Waals surface area contributed by atoms with E-state index in [1.54, 1.807) is 11.8 Å². The molecule has 4 heteroatoms. The number of amides is 1. The van der Waals surface area contributed by atoms with Crippen LogP contribution in [0.4, 0.5) is 0 Å². The topological polar surface area (TPSA) is 70.1 Å². The fraction of sp³-hybridized carbons (Fsp3) is 0.600. The molecule has 1 heterocycles. The van der Waals surface area contributed by atoms with E-state index in [9.17, 15) is 4.79 Å². The molecule has 2 N–H and O–H groups in total. The van der Waals surface area contributed by atoms with Crippen molar-refractivity contribution < 1.29 is 4.79 Å². The van der Waals surface area contributed by atoms with Crippen molar-refractivity contribution in [1.82, 2.24) is 4.90 Å². The van der Waals surface area contributed by atoms with Crippen LogP contribution in [0.25, 0.3) is 0 Å². The lowest BCUT2D eigenvalue weighted by Gasteiger charge is -2.11. The van der Waals surface area contributed by atoms with E-state index in [0.717, 1.165) is 6.42 Å². The summed E-state index contributed by atoms with van der Waals surface area (Å²) in [5.74, 6) is -0.106. The predicted molar refractivity (Wildman–Crippen MR) is 52.8 cm³/mol. The highest BCUT2D eigenvalue weighted by atomic mass is 16.1. The summed E-state index contributed by atoms with van der Waals surface area (Å²) in [6, 6.07) is 0.266. The van der Waals surface area contributed by atoms with Crippen molar-refractivity contribution in [2.75, 3.05) is 6.54 Å².